The number of piperidine rings is 1. The number of carbonyl (C=O) groups excluding carboxylic acids is 1. The monoisotopic (exact) mass is 482 g/mol. The van der Waals surface area contributed by atoms with Gasteiger partial charge in [-0.1, -0.05) is 0 Å². The molecule has 1 saturated heterocycles. The molecule has 4 N–H and O–H groups in total. The van der Waals surface area contributed by atoms with Crippen molar-refractivity contribution in [3.05, 3.63) is 90.9 Å². The molecule has 0 atom stereocenters. The zero-order chi connectivity index (χ0) is 24.9. The minimum atomic E-state index is -0.167. The first kappa shape index (κ1) is 23.4. The van der Waals surface area contributed by atoms with Crippen molar-refractivity contribution in [1.29, 1.82) is 0 Å². The second kappa shape index (κ2) is 10.5. The molecule has 0 aliphatic carbocycles. The zero-order valence-corrected chi connectivity index (χ0v) is 20.2. The maximum Gasteiger partial charge on any atom is 0.257 e. The van der Waals surface area contributed by atoms with Crippen LogP contribution in [0.15, 0.2) is 85.3 Å². The fraction of sp³-hybridized carbons (Fsp3) is 0.214. The second-order valence-electron chi connectivity index (χ2n) is 9.04. The summed E-state index contributed by atoms with van der Waals surface area (Å²) in [7, 11) is 1.88. The van der Waals surface area contributed by atoms with Gasteiger partial charge in [-0.3, -0.25) is 4.79 Å². The van der Waals surface area contributed by atoms with E-state index >= 15 is 0 Å². The van der Waals surface area contributed by atoms with Gasteiger partial charge in [0, 0.05) is 55.3 Å². The molecule has 0 bridgehead atoms. The van der Waals surface area contributed by atoms with Gasteiger partial charge in [-0.2, -0.15) is 0 Å². The third-order valence-corrected chi connectivity index (χ3v) is 6.26. The van der Waals surface area contributed by atoms with Crippen LogP contribution in [0.1, 0.15) is 23.2 Å². The molecule has 36 heavy (non-hydrogen) atoms. The quantitative estimate of drug-likeness (QED) is 0.292. The average molecular weight is 483 g/mol. The largest absolute Gasteiger partial charge is 0.393 e. The number of rotatable bonds is 7. The highest BCUT2D eigenvalue weighted by Crippen LogP contribution is 2.25. The van der Waals surface area contributed by atoms with E-state index in [1.807, 2.05) is 54.2 Å². The molecule has 2 aromatic carbocycles. The summed E-state index contributed by atoms with van der Waals surface area (Å²) in [5, 5.41) is 19.3. The third-order valence-electron chi connectivity index (χ3n) is 6.26. The van der Waals surface area contributed by atoms with Crippen molar-refractivity contribution in [3.8, 4) is 0 Å². The smallest absolute Gasteiger partial charge is 0.257 e. The molecule has 3 heterocycles. The summed E-state index contributed by atoms with van der Waals surface area (Å²) in [5.74, 6) is 0.589. The third kappa shape index (κ3) is 5.84. The molecular weight excluding hydrogens is 452 g/mol. The van der Waals surface area contributed by atoms with Gasteiger partial charge in [0.2, 0.25) is 0 Å². The number of aliphatic hydroxyl groups is 1. The topological polar surface area (TPSA) is 94.5 Å². The Balaban J connectivity index is 1.13. The van der Waals surface area contributed by atoms with E-state index in [0.29, 0.717) is 5.56 Å². The second-order valence-corrected chi connectivity index (χ2v) is 9.04. The summed E-state index contributed by atoms with van der Waals surface area (Å²) in [6, 6.07) is 21.5. The number of anilines is 6. The number of hydrogen-bond donors (Lipinski definition) is 4. The minimum Gasteiger partial charge on any atom is -0.393 e. The van der Waals surface area contributed by atoms with E-state index in [2.05, 4.69) is 50.1 Å². The van der Waals surface area contributed by atoms with E-state index in [-0.39, 0.29) is 12.0 Å². The summed E-state index contributed by atoms with van der Waals surface area (Å²) in [5.41, 5.74) is 5.29. The summed E-state index contributed by atoms with van der Waals surface area (Å²) >= 11 is 0. The number of nitrogens with zero attached hydrogens (tertiary/aromatic N) is 3. The van der Waals surface area contributed by atoms with E-state index < -0.39 is 0 Å². The van der Waals surface area contributed by atoms with Crippen LogP contribution in [0, 0.1) is 0 Å². The normalized spacial score (nSPS) is 13.9. The van der Waals surface area contributed by atoms with Crippen molar-refractivity contribution in [2.75, 3.05) is 33.9 Å². The lowest BCUT2D eigenvalue weighted by atomic mass is 10.1. The number of aromatic nitrogens is 2. The molecule has 2 aromatic heterocycles. The minimum absolute atomic E-state index is 0.137. The Labute approximate surface area is 210 Å². The molecule has 0 unspecified atom stereocenters. The number of aryl methyl sites for hydroxylation is 1. The fourth-order valence-corrected chi connectivity index (χ4v) is 4.21. The van der Waals surface area contributed by atoms with Crippen LogP contribution in [-0.2, 0) is 7.05 Å². The van der Waals surface area contributed by atoms with Gasteiger partial charge in [-0.05, 0) is 79.6 Å². The molecule has 0 saturated carbocycles. The number of pyridine rings is 1. The summed E-state index contributed by atoms with van der Waals surface area (Å²) < 4.78 is 1.84. The lowest BCUT2D eigenvalue weighted by molar-refractivity contribution is 0.102. The van der Waals surface area contributed by atoms with Gasteiger partial charge in [-0.25, -0.2) is 4.98 Å². The first-order valence-electron chi connectivity index (χ1n) is 12.1. The fourth-order valence-electron chi connectivity index (χ4n) is 4.21. The Morgan fingerprint density at radius 3 is 2.14 bits per heavy atom. The summed E-state index contributed by atoms with van der Waals surface area (Å²) in [4.78, 5) is 19.1. The molecule has 5 rings (SSSR count). The highest BCUT2D eigenvalue weighted by atomic mass is 16.3. The van der Waals surface area contributed by atoms with Gasteiger partial charge in [0.1, 0.15) is 5.82 Å². The van der Waals surface area contributed by atoms with E-state index in [9.17, 15) is 9.90 Å². The Bertz CT molecular complexity index is 1290. The molecular formula is C28H30N6O2. The Kier molecular flexibility index (Phi) is 6.86. The van der Waals surface area contributed by atoms with Gasteiger partial charge < -0.3 is 30.5 Å². The predicted octanol–water partition coefficient (Wildman–Crippen LogP) is 5.12. The van der Waals surface area contributed by atoms with Crippen molar-refractivity contribution in [2.24, 2.45) is 7.05 Å². The number of aliphatic hydroxyl groups excluding tert-OH is 1. The highest BCUT2D eigenvalue weighted by molar-refractivity contribution is 6.04. The zero-order valence-electron chi connectivity index (χ0n) is 20.2. The van der Waals surface area contributed by atoms with Crippen molar-refractivity contribution < 1.29 is 9.90 Å². The highest BCUT2D eigenvalue weighted by Gasteiger charge is 2.17. The first-order valence-corrected chi connectivity index (χ1v) is 12.1. The van der Waals surface area contributed by atoms with Crippen LogP contribution < -0.4 is 20.9 Å². The average Bonchev–Trinajstić information content (AvgIpc) is 3.34. The molecule has 184 valence electrons. The first-order chi connectivity index (χ1) is 17.5. The molecule has 1 aliphatic heterocycles. The van der Waals surface area contributed by atoms with E-state index in [4.69, 9.17) is 0 Å². The van der Waals surface area contributed by atoms with E-state index in [0.717, 1.165) is 54.5 Å². The number of carbonyl (C=O) groups is 1. The maximum atomic E-state index is 12.3. The number of amides is 1. The van der Waals surface area contributed by atoms with Gasteiger partial charge in [0.25, 0.3) is 5.91 Å². The standard InChI is InChI=1S/C28H30N6O2/c1-33-15-12-20(19-33)28(36)32-23-4-2-22(3-5-23)31-27-11-8-24(18-29-27)30-21-6-9-25(10-7-21)34-16-13-26(35)14-17-34/h2-12,15,18-19,26,30,35H,13-14,16-17H2,1H3,(H,29,31)(H,32,36). The number of hydrogen-bond acceptors (Lipinski definition) is 6. The van der Waals surface area contributed by atoms with Crippen LogP contribution in [0.4, 0.5) is 34.3 Å². The summed E-state index contributed by atoms with van der Waals surface area (Å²) in [6.07, 6.45) is 6.89. The van der Waals surface area contributed by atoms with Crippen LogP contribution >= 0.6 is 0 Å². The van der Waals surface area contributed by atoms with Crippen LogP contribution in [-0.4, -0.2) is 39.8 Å². The Morgan fingerprint density at radius 2 is 1.50 bits per heavy atom. The lowest BCUT2D eigenvalue weighted by Gasteiger charge is -2.31. The molecule has 1 fully saturated rings. The molecule has 8 heteroatoms. The van der Waals surface area contributed by atoms with Crippen molar-refractivity contribution in [2.45, 2.75) is 18.9 Å². The van der Waals surface area contributed by atoms with Gasteiger partial charge in [0.15, 0.2) is 0 Å². The SMILES string of the molecule is Cn1ccc(C(=O)Nc2ccc(Nc3ccc(Nc4ccc(N5CCC(O)CC5)cc4)cn3)cc2)c1. The van der Waals surface area contributed by atoms with Crippen molar-refractivity contribution in [1.82, 2.24) is 9.55 Å². The van der Waals surface area contributed by atoms with Crippen LogP contribution in [0.2, 0.25) is 0 Å². The van der Waals surface area contributed by atoms with Crippen LogP contribution in [0.3, 0.4) is 0 Å². The van der Waals surface area contributed by atoms with Crippen LogP contribution in [0.25, 0.3) is 0 Å². The van der Waals surface area contributed by atoms with Gasteiger partial charge in [-0.15, -0.1) is 0 Å². The Morgan fingerprint density at radius 1 is 0.861 bits per heavy atom. The lowest BCUT2D eigenvalue weighted by Crippen LogP contribution is -2.35. The predicted molar refractivity (Wildman–Crippen MR) is 145 cm³/mol. The van der Waals surface area contributed by atoms with Crippen LogP contribution in [0.5, 0.6) is 0 Å². The maximum absolute atomic E-state index is 12.3. The number of benzene rings is 2. The van der Waals surface area contributed by atoms with Crippen molar-refractivity contribution in [3.63, 3.8) is 0 Å². The molecule has 0 spiro atoms. The number of nitrogens with one attached hydrogen (secondary N) is 3. The molecule has 1 amide bonds. The van der Waals surface area contributed by atoms with Crippen molar-refractivity contribution >= 4 is 40.2 Å². The van der Waals surface area contributed by atoms with Gasteiger partial charge >= 0.3 is 0 Å². The van der Waals surface area contributed by atoms with E-state index in [1.54, 1.807) is 18.5 Å². The molecule has 8 nitrogen and oxygen atoms in total. The molecule has 1 aliphatic rings. The van der Waals surface area contributed by atoms with E-state index in [1.165, 1.54) is 5.69 Å². The molecule has 0 radical (unpaired) electrons. The Hall–Kier alpha value is -4.30. The summed E-state index contributed by atoms with van der Waals surface area (Å²) in [6.45, 7) is 1.77. The molecule has 4 aromatic rings. The van der Waals surface area contributed by atoms with Gasteiger partial charge in [0.05, 0.1) is 23.6 Å².